The Morgan fingerprint density at radius 2 is 1.89 bits per heavy atom. The van der Waals surface area contributed by atoms with Crippen molar-refractivity contribution < 1.29 is 43.2 Å². The average molecular weight is 622 g/mol. The number of phenols is 1. The number of aromatic hydroxyl groups is 1. The van der Waals surface area contributed by atoms with Gasteiger partial charge in [-0.15, -0.1) is 11.8 Å². The van der Waals surface area contributed by atoms with E-state index in [1.807, 2.05) is 20.0 Å². The van der Waals surface area contributed by atoms with E-state index in [9.17, 15) is 24.8 Å². The molecule has 0 amide bonds. The third-order valence-electron chi connectivity index (χ3n) is 9.54. The monoisotopic (exact) mass is 621 g/mol. The van der Waals surface area contributed by atoms with Crippen molar-refractivity contribution in [2.75, 3.05) is 33.3 Å². The van der Waals surface area contributed by atoms with Gasteiger partial charge < -0.3 is 28.8 Å². The maximum absolute atomic E-state index is 12.9. The van der Waals surface area contributed by atoms with Gasteiger partial charge in [0.2, 0.25) is 12.6 Å². The van der Waals surface area contributed by atoms with Crippen molar-refractivity contribution in [3.63, 3.8) is 0 Å². The van der Waals surface area contributed by atoms with Crippen molar-refractivity contribution in [3.8, 4) is 34.8 Å². The molecule has 12 nitrogen and oxygen atoms in total. The number of carbonyl (C=O) groups is 3. The molecule has 2 saturated heterocycles. The number of piperazine rings is 1. The number of esters is 2. The average Bonchev–Trinajstić information content (AvgIpc) is 3.47. The minimum atomic E-state index is -0.949. The summed E-state index contributed by atoms with van der Waals surface area (Å²) in [5, 5.41) is 21.9. The van der Waals surface area contributed by atoms with Gasteiger partial charge in [0.1, 0.15) is 18.4 Å². The molecule has 0 aromatic heterocycles. The molecule has 5 aliphatic rings. The lowest BCUT2D eigenvalue weighted by atomic mass is 9.71. The number of rotatable bonds is 2. The molecule has 13 heteroatoms. The molecule has 6 atom stereocenters. The number of nitriles is 1. The van der Waals surface area contributed by atoms with Crippen LogP contribution in [0.5, 0.6) is 28.7 Å². The van der Waals surface area contributed by atoms with E-state index in [0.29, 0.717) is 51.7 Å². The van der Waals surface area contributed by atoms with Crippen molar-refractivity contribution in [2.24, 2.45) is 0 Å². The molecule has 0 aliphatic carbocycles. The summed E-state index contributed by atoms with van der Waals surface area (Å²) >= 11 is 1.22. The summed E-state index contributed by atoms with van der Waals surface area (Å²) in [5.74, 6) is -0.855. The molecule has 7 rings (SSSR count). The number of hydrogen-bond acceptors (Lipinski definition) is 13. The molecule has 2 aromatic rings. The highest BCUT2D eigenvalue weighted by Gasteiger charge is 2.60. The molecule has 0 saturated carbocycles. The number of ketones is 1. The summed E-state index contributed by atoms with van der Waals surface area (Å²) in [4.78, 5) is 42.3. The first-order chi connectivity index (χ1) is 21.1. The molecule has 44 heavy (non-hydrogen) atoms. The smallest absolute Gasteiger partial charge is 0.375 e. The molecule has 2 aromatic carbocycles. The Bertz CT molecular complexity index is 1690. The SMILES string of the molecule is COc1c(C)cc2c(c1O)C1C3[C@@H]4SCC(=O)C(=O)OC[C@@H](c5c6c(c(C)c(OC(C)=O)c54)OCO6)N3[C@@H](C#N)[C@H](C2)N1C. The van der Waals surface area contributed by atoms with Crippen LogP contribution in [-0.2, 0) is 25.5 Å². The summed E-state index contributed by atoms with van der Waals surface area (Å²) in [5.41, 5.74) is 4.16. The van der Waals surface area contributed by atoms with Gasteiger partial charge in [0.15, 0.2) is 23.0 Å². The van der Waals surface area contributed by atoms with Gasteiger partial charge in [-0.05, 0) is 38.4 Å². The van der Waals surface area contributed by atoms with Crippen LogP contribution in [0.3, 0.4) is 0 Å². The lowest BCUT2D eigenvalue weighted by molar-refractivity contribution is -0.157. The molecule has 2 unspecified atom stereocenters. The maximum Gasteiger partial charge on any atom is 0.375 e. The van der Waals surface area contributed by atoms with E-state index in [-0.39, 0.29) is 30.9 Å². The number of nitrogens with zero attached hydrogens (tertiary/aromatic N) is 3. The molecule has 0 spiro atoms. The van der Waals surface area contributed by atoms with Crippen LogP contribution in [-0.4, -0.2) is 84.1 Å². The first-order valence-electron chi connectivity index (χ1n) is 14.3. The molecule has 4 bridgehead atoms. The lowest BCUT2D eigenvalue weighted by Gasteiger charge is -2.61. The number of fused-ring (bicyclic) bond motifs is 9. The van der Waals surface area contributed by atoms with Gasteiger partial charge in [0.25, 0.3) is 0 Å². The number of benzene rings is 2. The number of ether oxygens (including phenoxy) is 5. The van der Waals surface area contributed by atoms with Crippen molar-refractivity contribution >= 4 is 29.5 Å². The van der Waals surface area contributed by atoms with Crippen LogP contribution in [0.4, 0.5) is 0 Å². The molecular weight excluding hydrogens is 590 g/mol. The molecule has 5 heterocycles. The van der Waals surface area contributed by atoms with Crippen molar-refractivity contribution in [1.82, 2.24) is 9.80 Å². The van der Waals surface area contributed by atoms with Crippen molar-refractivity contribution in [3.05, 3.63) is 39.4 Å². The van der Waals surface area contributed by atoms with E-state index in [0.717, 1.165) is 11.1 Å². The molecule has 230 valence electrons. The van der Waals surface area contributed by atoms with Crippen LogP contribution >= 0.6 is 11.8 Å². The van der Waals surface area contributed by atoms with Crippen LogP contribution in [0.25, 0.3) is 0 Å². The number of cyclic esters (lactones) is 1. The van der Waals surface area contributed by atoms with E-state index in [4.69, 9.17) is 23.7 Å². The highest BCUT2D eigenvalue weighted by Crippen LogP contribution is 2.63. The Balaban J connectivity index is 1.57. The number of likely N-dealkylation sites (N-methyl/N-ethyl adjacent to an activating group) is 1. The third-order valence-corrected chi connectivity index (χ3v) is 10.8. The Labute approximate surface area is 257 Å². The number of thioether (sulfide) groups is 1. The quantitative estimate of drug-likeness (QED) is 0.298. The summed E-state index contributed by atoms with van der Waals surface area (Å²) in [7, 11) is 3.45. The minimum absolute atomic E-state index is 0.0240. The van der Waals surface area contributed by atoms with Gasteiger partial charge in [0, 0.05) is 41.3 Å². The third kappa shape index (κ3) is 3.87. The van der Waals surface area contributed by atoms with Crippen LogP contribution in [0.1, 0.15) is 57.6 Å². The topological polar surface area (TPSA) is 148 Å². The van der Waals surface area contributed by atoms with Gasteiger partial charge in [-0.2, -0.15) is 5.26 Å². The largest absolute Gasteiger partial charge is 0.504 e. The second-order valence-electron chi connectivity index (χ2n) is 11.8. The predicted molar refractivity (Wildman–Crippen MR) is 155 cm³/mol. The Morgan fingerprint density at radius 1 is 1.14 bits per heavy atom. The normalized spacial score (nSPS) is 28.7. The molecule has 1 N–H and O–H groups in total. The Kier molecular flexibility index (Phi) is 6.73. The highest BCUT2D eigenvalue weighted by molar-refractivity contribution is 8.00. The number of Topliss-reactive ketones (excluding diaryl/α,β-unsaturated/α-hetero) is 1. The Hall–Kier alpha value is -3.99. The van der Waals surface area contributed by atoms with Crippen LogP contribution < -0.4 is 18.9 Å². The molecular formula is C31H31N3O9S. The first-order valence-corrected chi connectivity index (χ1v) is 15.4. The van der Waals surface area contributed by atoms with E-state index in [1.165, 1.54) is 25.8 Å². The van der Waals surface area contributed by atoms with Crippen molar-refractivity contribution in [1.29, 1.82) is 5.26 Å². The van der Waals surface area contributed by atoms with E-state index in [1.54, 1.807) is 6.92 Å². The number of carbonyl (C=O) groups excluding carboxylic acids is 3. The van der Waals surface area contributed by atoms with Gasteiger partial charge >= 0.3 is 11.9 Å². The van der Waals surface area contributed by atoms with Gasteiger partial charge in [-0.1, -0.05) is 6.07 Å². The fourth-order valence-electron chi connectivity index (χ4n) is 7.90. The van der Waals surface area contributed by atoms with Crippen molar-refractivity contribution in [2.45, 2.75) is 62.7 Å². The highest BCUT2D eigenvalue weighted by atomic mass is 32.2. The fraction of sp³-hybridized carbons (Fsp3) is 0.484. The summed E-state index contributed by atoms with van der Waals surface area (Å²) in [6, 6.07) is 1.81. The predicted octanol–water partition coefficient (Wildman–Crippen LogP) is 2.80. The first kappa shape index (κ1) is 28.8. The van der Waals surface area contributed by atoms with Gasteiger partial charge in [-0.3, -0.25) is 19.4 Å². The Morgan fingerprint density at radius 3 is 2.59 bits per heavy atom. The number of phenolic OH excluding ortho intramolecular Hbond substituents is 1. The molecule has 2 fully saturated rings. The second kappa shape index (κ2) is 10.3. The number of methoxy groups -OCH3 is 1. The van der Waals surface area contributed by atoms with E-state index in [2.05, 4.69) is 15.9 Å². The zero-order valence-electron chi connectivity index (χ0n) is 24.8. The maximum atomic E-state index is 12.9. The fourth-order valence-corrected chi connectivity index (χ4v) is 9.23. The van der Waals surface area contributed by atoms with Gasteiger partial charge in [-0.25, -0.2) is 4.79 Å². The zero-order chi connectivity index (χ0) is 31.2. The van der Waals surface area contributed by atoms with Crippen LogP contribution in [0.15, 0.2) is 6.07 Å². The molecule has 0 radical (unpaired) electrons. The number of hydrogen-bond donors (Lipinski definition) is 1. The summed E-state index contributed by atoms with van der Waals surface area (Å²) in [6.07, 6.45) is 0.488. The zero-order valence-corrected chi connectivity index (χ0v) is 25.6. The number of aryl methyl sites for hydroxylation is 1. The molecule has 5 aliphatic heterocycles. The van der Waals surface area contributed by atoms with Crippen LogP contribution in [0.2, 0.25) is 0 Å². The van der Waals surface area contributed by atoms with E-state index >= 15 is 0 Å². The minimum Gasteiger partial charge on any atom is -0.504 e. The lowest BCUT2D eigenvalue weighted by Crippen LogP contribution is -2.69. The summed E-state index contributed by atoms with van der Waals surface area (Å²) < 4.78 is 29.0. The standard InChI is InChI=1S/C31H31N3O9S/c1-12-6-15-7-16-17(8-32)34-18-9-40-31(38)19(36)10-44-30(24(34)23(33(16)4)20(15)25(37)26(12)39-5)22-21(18)29-28(41-11-42-29)13(2)27(22)43-14(3)35/h6,16-18,23-24,30,37H,7,9-11H2,1-5H3/t16-,17-,18-,23?,24?,30+/m0/s1. The summed E-state index contributed by atoms with van der Waals surface area (Å²) in [6.45, 7) is 4.65. The van der Waals surface area contributed by atoms with Gasteiger partial charge in [0.05, 0.1) is 36.3 Å². The van der Waals surface area contributed by atoms with Crippen LogP contribution in [0, 0.1) is 25.2 Å². The van der Waals surface area contributed by atoms with E-state index < -0.39 is 47.1 Å². The second-order valence-corrected chi connectivity index (χ2v) is 12.9.